The van der Waals surface area contributed by atoms with Crippen molar-refractivity contribution < 1.29 is 0 Å². The van der Waals surface area contributed by atoms with Crippen LogP contribution in [0.25, 0.3) is 5.95 Å². The summed E-state index contributed by atoms with van der Waals surface area (Å²) < 4.78 is 1.89. The molecular formula is C14H19N5. The van der Waals surface area contributed by atoms with Gasteiger partial charge in [-0.3, -0.25) is 0 Å². The molecule has 5 nitrogen and oxygen atoms in total. The van der Waals surface area contributed by atoms with Crippen molar-refractivity contribution in [3.8, 4) is 5.95 Å². The predicted octanol–water partition coefficient (Wildman–Crippen LogP) is 2.04. The zero-order valence-corrected chi connectivity index (χ0v) is 11.2. The van der Waals surface area contributed by atoms with Gasteiger partial charge in [-0.2, -0.15) is 5.10 Å². The standard InChI is InChI=1S/C14H19N5/c1-2-15-12-6-3-4-7-13-11(12)10-18-19(13)14-16-8-5-9-17-14/h5,8-10,12,15H,2-4,6-7H2,1H3. The molecule has 1 unspecified atom stereocenters. The fraction of sp³-hybridized carbons (Fsp3) is 0.500. The fourth-order valence-electron chi connectivity index (χ4n) is 2.76. The summed E-state index contributed by atoms with van der Waals surface area (Å²) in [6, 6.07) is 2.24. The molecule has 0 saturated heterocycles. The van der Waals surface area contributed by atoms with Crippen LogP contribution in [0.5, 0.6) is 0 Å². The summed E-state index contributed by atoms with van der Waals surface area (Å²) in [6.45, 7) is 3.13. The topological polar surface area (TPSA) is 55.6 Å². The lowest BCUT2D eigenvalue weighted by atomic mass is 10.1. The van der Waals surface area contributed by atoms with Gasteiger partial charge in [-0.15, -0.1) is 0 Å². The maximum atomic E-state index is 4.49. The first kappa shape index (κ1) is 12.3. The van der Waals surface area contributed by atoms with Gasteiger partial charge in [-0.05, 0) is 31.9 Å². The summed E-state index contributed by atoms with van der Waals surface area (Å²) in [5.74, 6) is 0.667. The molecule has 2 aromatic rings. The minimum atomic E-state index is 0.417. The Morgan fingerprint density at radius 3 is 2.95 bits per heavy atom. The van der Waals surface area contributed by atoms with Crippen LogP contribution in [0.2, 0.25) is 0 Å². The quantitative estimate of drug-likeness (QED) is 0.855. The van der Waals surface area contributed by atoms with Crippen LogP contribution in [0.4, 0.5) is 0 Å². The number of rotatable bonds is 3. The van der Waals surface area contributed by atoms with Crippen LogP contribution in [-0.2, 0) is 6.42 Å². The molecule has 2 aromatic heterocycles. The largest absolute Gasteiger partial charge is 0.310 e. The first-order chi connectivity index (χ1) is 9.40. The Morgan fingerprint density at radius 2 is 2.16 bits per heavy atom. The first-order valence-corrected chi connectivity index (χ1v) is 6.97. The van der Waals surface area contributed by atoms with Gasteiger partial charge in [0, 0.05) is 24.0 Å². The number of nitrogens with zero attached hydrogens (tertiary/aromatic N) is 4. The molecular weight excluding hydrogens is 238 g/mol. The molecule has 1 aliphatic rings. The van der Waals surface area contributed by atoms with E-state index in [1.165, 1.54) is 30.5 Å². The SMILES string of the molecule is CCNC1CCCCc2c1cnn2-c1ncccn1. The van der Waals surface area contributed by atoms with E-state index in [4.69, 9.17) is 0 Å². The van der Waals surface area contributed by atoms with Gasteiger partial charge in [0.2, 0.25) is 0 Å². The van der Waals surface area contributed by atoms with Crippen LogP contribution in [0.3, 0.4) is 0 Å². The van der Waals surface area contributed by atoms with Crippen LogP contribution in [0, 0.1) is 0 Å². The van der Waals surface area contributed by atoms with Crippen molar-refractivity contribution in [2.75, 3.05) is 6.54 Å². The number of aromatic nitrogens is 4. The molecule has 0 radical (unpaired) electrons. The summed E-state index contributed by atoms with van der Waals surface area (Å²) in [5, 5.41) is 8.05. The molecule has 100 valence electrons. The van der Waals surface area contributed by atoms with Gasteiger partial charge in [0.05, 0.1) is 11.9 Å². The summed E-state index contributed by atoms with van der Waals surface area (Å²) in [4.78, 5) is 8.60. The Balaban J connectivity index is 2.01. The molecule has 0 aromatic carbocycles. The molecule has 0 bridgehead atoms. The van der Waals surface area contributed by atoms with Gasteiger partial charge in [-0.1, -0.05) is 13.3 Å². The number of nitrogens with one attached hydrogen (secondary N) is 1. The van der Waals surface area contributed by atoms with Gasteiger partial charge in [0.1, 0.15) is 0 Å². The summed E-state index contributed by atoms with van der Waals surface area (Å²) in [7, 11) is 0. The van der Waals surface area contributed by atoms with Crippen LogP contribution >= 0.6 is 0 Å². The van der Waals surface area contributed by atoms with E-state index < -0.39 is 0 Å². The second-order valence-corrected chi connectivity index (χ2v) is 4.86. The highest BCUT2D eigenvalue weighted by Gasteiger charge is 2.23. The molecule has 1 atom stereocenters. The van der Waals surface area contributed by atoms with Gasteiger partial charge in [-0.25, -0.2) is 14.6 Å². The van der Waals surface area contributed by atoms with Crippen molar-refractivity contribution in [2.45, 2.75) is 38.6 Å². The highest BCUT2D eigenvalue weighted by atomic mass is 15.3. The Hall–Kier alpha value is -1.75. The minimum Gasteiger partial charge on any atom is -0.310 e. The molecule has 2 heterocycles. The third-order valence-corrected chi connectivity index (χ3v) is 3.63. The van der Waals surface area contributed by atoms with Gasteiger partial charge in [0.25, 0.3) is 5.95 Å². The summed E-state index contributed by atoms with van der Waals surface area (Å²) >= 11 is 0. The second-order valence-electron chi connectivity index (χ2n) is 4.86. The lowest BCUT2D eigenvalue weighted by Crippen LogP contribution is -2.20. The third kappa shape index (κ3) is 2.38. The normalized spacial score (nSPS) is 18.9. The fourth-order valence-corrected chi connectivity index (χ4v) is 2.76. The Kier molecular flexibility index (Phi) is 3.55. The number of fused-ring (bicyclic) bond motifs is 1. The van der Waals surface area contributed by atoms with Crippen LogP contribution in [-0.4, -0.2) is 26.3 Å². The molecule has 19 heavy (non-hydrogen) atoms. The van der Waals surface area contributed by atoms with Crippen LogP contribution in [0.15, 0.2) is 24.7 Å². The molecule has 0 fully saturated rings. The third-order valence-electron chi connectivity index (χ3n) is 3.63. The summed E-state index contributed by atoms with van der Waals surface area (Å²) in [5.41, 5.74) is 2.57. The molecule has 0 aliphatic heterocycles. The molecule has 0 spiro atoms. The Labute approximate surface area is 113 Å². The zero-order chi connectivity index (χ0) is 13.1. The molecule has 1 aliphatic carbocycles. The van der Waals surface area contributed by atoms with Gasteiger partial charge in [0.15, 0.2) is 0 Å². The smallest absolute Gasteiger partial charge is 0.250 e. The number of hydrogen-bond donors (Lipinski definition) is 1. The van der Waals surface area contributed by atoms with E-state index in [0.29, 0.717) is 12.0 Å². The zero-order valence-electron chi connectivity index (χ0n) is 11.2. The monoisotopic (exact) mass is 257 g/mol. The van der Waals surface area contributed by atoms with Crippen LogP contribution in [0.1, 0.15) is 43.5 Å². The first-order valence-electron chi connectivity index (χ1n) is 6.97. The average Bonchev–Trinajstić information content (AvgIpc) is 2.77. The Bertz CT molecular complexity index is 534. The van der Waals surface area contributed by atoms with Gasteiger partial charge < -0.3 is 5.32 Å². The predicted molar refractivity (Wildman–Crippen MR) is 73.1 cm³/mol. The highest BCUT2D eigenvalue weighted by molar-refractivity contribution is 5.28. The number of hydrogen-bond acceptors (Lipinski definition) is 4. The van der Waals surface area contributed by atoms with Crippen molar-refractivity contribution in [3.05, 3.63) is 35.9 Å². The van der Waals surface area contributed by atoms with E-state index in [2.05, 4.69) is 27.3 Å². The molecule has 0 saturated carbocycles. The second kappa shape index (κ2) is 5.48. The van der Waals surface area contributed by atoms with E-state index in [9.17, 15) is 0 Å². The lowest BCUT2D eigenvalue weighted by Gasteiger charge is -2.15. The molecule has 1 N–H and O–H groups in total. The van der Waals surface area contributed by atoms with E-state index in [1.807, 2.05) is 16.9 Å². The van der Waals surface area contributed by atoms with Crippen molar-refractivity contribution in [2.24, 2.45) is 0 Å². The maximum Gasteiger partial charge on any atom is 0.250 e. The maximum absolute atomic E-state index is 4.49. The summed E-state index contributed by atoms with van der Waals surface area (Å²) in [6.07, 6.45) is 10.2. The van der Waals surface area contributed by atoms with E-state index in [-0.39, 0.29) is 0 Å². The minimum absolute atomic E-state index is 0.417. The van der Waals surface area contributed by atoms with Crippen molar-refractivity contribution in [3.63, 3.8) is 0 Å². The van der Waals surface area contributed by atoms with E-state index in [0.717, 1.165) is 13.0 Å². The van der Waals surface area contributed by atoms with E-state index in [1.54, 1.807) is 12.4 Å². The highest BCUT2D eigenvalue weighted by Crippen LogP contribution is 2.29. The van der Waals surface area contributed by atoms with Crippen molar-refractivity contribution >= 4 is 0 Å². The molecule has 3 rings (SSSR count). The average molecular weight is 257 g/mol. The molecule has 5 heteroatoms. The Morgan fingerprint density at radius 1 is 1.32 bits per heavy atom. The van der Waals surface area contributed by atoms with Crippen molar-refractivity contribution in [1.29, 1.82) is 0 Å². The van der Waals surface area contributed by atoms with E-state index >= 15 is 0 Å². The lowest BCUT2D eigenvalue weighted by molar-refractivity contribution is 0.503. The van der Waals surface area contributed by atoms with Crippen LogP contribution < -0.4 is 5.32 Å². The van der Waals surface area contributed by atoms with Crippen molar-refractivity contribution in [1.82, 2.24) is 25.1 Å². The molecule has 0 amide bonds. The van der Waals surface area contributed by atoms with Gasteiger partial charge >= 0.3 is 0 Å².